The molecule has 0 saturated carbocycles. The molecular weight excluding hydrogens is 306 g/mol. The highest BCUT2D eigenvalue weighted by Gasteiger charge is 2.25. The van der Waals surface area contributed by atoms with Crippen LogP contribution in [0.4, 0.5) is 5.69 Å². The summed E-state index contributed by atoms with van der Waals surface area (Å²) < 4.78 is 26.8. The summed E-state index contributed by atoms with van der Waals surface area (Å²) in [6.45, 7) is 2.00. The second kappa shape index (κ2) is 5.40. The summed E-state index contributed by atoms with van der Waals surface area (Å²) in [6, 6.07) is 9.17. The van der Waals surface area contributed by atoms with Gasteiger partial charge in [-0.3, -0.25) is 4.31 Å². The van der Waals surface area contributed by atoms with Crippen LogP contribution < -0.4 is 4.31 Å². The zero-order valence-corrected chi connectivity index (χ0v) is 12.5. The average molecular weight is 318 g/mol. The number of halogens is 1. The maximum atomic E-state index is 12.5. The molecule has 0 atom stereocenters. The quantitative estimate of drug-likeness (QED) is 0.941. The Balaban J connectivity index is 2.47. The molecule has 102 valence electrons. The van der Waals surface area contributed by atoms with Crippen LogP contribution in [0.2, 0.25) is 4.34 Å². The van der Waals surface area contributed by atoms with Gasteiger partial charge in [0.15, 0.2) is 0 Å². The Kier molecular flexibility index (Phi) is 4.03. The Morgan fingerprint density at radius 1 is 1.32 bits per heavy atom. The summed E-state index contributed by atoms with van der Waals surface area (Å²) in [6.07, 6.45) is 0. The molecule has 0 aliphatic rings. The van der Waals surface area contributed by atoms with Crippen LogP contribution >= 0.6 is 22.9 Å². The lowest BCUT2D eigenvalue weighted by Crippen LogP contribution is -2.30. The Hall–Kier alpha value is -1.24. The van der Waals surface area contributed by atoms with Crippen molar-refractivity contribution >= 4 is 38.6 Å². The molecule has 0 radical (unpaired) electrons. The maximum absolute atomic E-state index is 12.5. The molecule has 0 spiro atoms. The van der Waals surface area contributed by atoms with Gasteiger partial charge in [-0.2, -0.15) is 0 Å². The summed E-state index contributed by atoms with van der Waals surface area (Å²) in [5, 5.41) is 9.46. The summed E-state index contributed by atoms with van der Waals surface area (Å²) in [5.74, 6) is 0.0235. The minimum absolute atomic E-state index is 0.0235. The van der Waals surface area contributed by atoms with E-state index in [1.165, 1.54) is 22.5 Å². The molecule has 0 bridgehead atoms. The first kappa shape index (κ1) is 14.2. The zero-order chi connectivity index (χ0) is 14.0. The van der Waals surface area contributed by atoms with Gasteiger partial charge >= 0.3 is 0 Å². The van der Waals surface area contributed by atoms with E-state index in [0.717, 1.165) is 11.3 Å². The van der Waals surface area contributed by atoms with Crippen LogP contribution in [-0.4, -0.2) is 20.1 Å². The SMILES string of the molecule is CCN(c1cccc(O)c1)S(=O)(=O)c1ccc(Cl)s1. The van der Waals surface area contributed by atoms with E-state index in [0.29, 0.717) is 10.0 Å². The van der Waals surface area contributed by atoms with Crippen LogP contribution in [-0.2, 0) is 10.0 Å². The molecule has 0 aliphatic heterocycles. The lowest BCUT2D eigenvalue weighted by atomic mass is 10.3. The van der Waals surface area contributed by atoms with Crippen LogP contribution in [0.15, 0.2) is 40.6 Å². The number of nitrogens with zero attached hydrogens (tertiary/aromatic N) is 1. The first-order valence-electron chi connectivity index (χ1n) is 5.52. The van der Waals surface area contributed by atoms with E-state index in [-0.39, 0.29) is 16.5 Å². The standard InChI is InChI=1S/C12H12ClNO3S2/c1-2-14(9-4-3-5-10(15)8-9)19(16,17)12-7-6-11(13)18-12/h3-8,15H,2H2,1H3. The number of hydrogen-bond donors (Lipinski definition) is 1. The minimum Gasteiger partial charge on any atom is -0.508 e. The predicted octanol–water partition coefficient (Wildman–Crippen LogP) is 3.32. The number of phenolic OH excluding ortho intramolecular Hbond substituents is 1. The Morgan fingerprint density at radius 2 is 2.05 bits per heavy atom. The monoisotopic (exact) mass is 317 g/mol. The normalized spacial score (nSPS) is 11.5. The number of anilines is 1. The molecule has 1 aromatic carbocycles. The average Bonchev–Trinajstić information content (AvgIpc) is 2.77. The molecule has 1 N–H and O–H groups in total. The third kappa shape index (κ3) is 2.86. The van der Waals surface area contributed by atoms with E-state index in [9.17, 15) is 13.5 Å². The van der Waals surface area contributed by atoms with Gasteiger partial charge in [-0.25, -0.2) is 8.42 Å². The fourth-order valence-corrected chi connectivity index (χ4v) is 4.75. The Labute approximate surface area is 120 Å². The fraction of sp³-hybridized carbons (Fsp3) is 0.167. The molecule has 0 fully saturated rings. The van der Waals surface area contributed by atoms with Crippen molar-refractivity contribution in [3.63, 3.8) is 0 Å². The number of thiophene rings is 1. The van der Waals surface area contributed by atoms with E-state index in [1.54, 1.807) is 25.1 Å². The summed E-state index contributed by atoms with van der Waals surface area (Å²) in [4.78, 5) is 0. The third-order valence-corrected chi connectivity index (χ3v) is 6.10. The third-order valence-electron chi connectivity index (χ3n) is 2.50. The maximum Gasteiger partial charge on any atom is 0.273 e. The summed E-state index contributed by atoms with van der Waals surface area (Å²) in [7, 11) is -3.64. The van der Waals surface area contributed by atoms with Crippen molar-refractivity contribution in [2.45, 2.75) is 11.1 Å². The van der Waals surface area contributed by atoms with E-state index in [4.69, 9.17) is 11.6 Å². The molecule has 7 heteroatoms. The first-order valence-corrected chi connectivity index (χ1v) is 8.15. The van der Waals surface area contributed by atoms with Crippen LogP contribution in [0.3, 0.4) is 0 Å². The van der Waals surface area contributed by atoms with Crippen molar-refractivity contribution in [2.75, 3.05) is 10.8 Å². The van der Waals surface area contributed by atoms with Gasteiger partial charge in [0.25, 0.3) is 10.0 Å². The topological polar surface area (TPSA) is 57.6 Å². The van der Waals surface area contributed by atoms with Gasteiger partial charge < -0.3 is 5.11 Å². The molecule has 0 amide bonds. The summed E-state index contributed by atoms with van der Waals surface area (Å²) >= 11 is 6.79. The molecule has 2 rings (SSSR count). The van der Waals surface area contributed by atoms with Crippen molar-refractivity contribution in [1.29, 1.82) is 0 Å². The molecular formula is C12H12ClNO3S2. The van der Waals surface area contributed by atoms with E-state index < -0.39 is 10.0 Å². The Morgan fingerprint density at radius 3 is 2.58 bits per heavy atom. The highest BCUT2D eigenvalue weighted by Crippen LogP contribution is 2.31. The first-order chi connectivity index (χ1) is 8.95. The second-order valence-corrected chi connectivity index (χ2v) is 7.55. The van der Waals surface area contributed by atoms with Gasteiger partial charge in [-0.05, 0) is 31.2 Å². The lowest BCUT2D eigenvalue weighted by Gasteiger charge is -2.22. The number of phenols is 1. The van der Waals surface area contributed by atoms with E-state index >= 15 is 0 Å². The molecule has 0 unspecified atom stereocenters. The van der Waals surface area contributed by atoms with Gasteiger partial charge in [0.05, 0.1) is 10.0 Å². The Bertz CT molecular complexity index is 682. The largest absolute Gasteiger partial charge is 0.508 e. The van der Waals surface area contributed by atoms with Gasteiger partial charge in [0.2, 0.25) is 0 Å². The zero-order valence-electron chi connectivity index (χ0n) is 10.1. The van der Waals surface area contributed by atoms with Gasteiger partial charge in [-0.1, -0.05) is 17.7 Å². The van der Waals surface area contributed by atoms with E-state index in [1.807, 2.05) is 0 Å². The van der Waals surface area contributed by atoms with E-state index in [2.05, 4.69) is 0 Å². The van der Waals surface area contributed by atoms with Crippen LogP contribution in [0.1, 0.15) is 6.92 Å². The highest BCUT2D eigenvalue weighted by molar-refractivity contribution is 7.94. The molecule has 1 heterocycles. The molecule has 19 heavy (non-hydrogen) atoms. The van der Waals surface area contributed by atoms with Crippen molar-refractivity contribution in [3.8, 4) is 5.75 Å². The number of sulfonamides is 1. The molecule has 2 aromatic rings. The number of aromatic hydroxyl groups is 1. The molecule has 0 aliphatic carbocycles. The predicted molar refractivity (Wildman–Crippen MR) is 77.6 cm³/mol. The smallest absolute Gasteiger partial charge is 0.273 e. The lowest BCUT2D eigenvalue weighted by molar-refractivity contribution is 0.475. The van der Waals surface area contributed by atoms with Gasteiger partial charge in [-0.15, -0.1) is 11.3 Å². The second-order valence-electron chi connectivity index (χ2n) is 3.75. The van der Waals surface area contributed by atoms with Gasteiger partial charge in [0.1, 0.15) is 9.96 Å². The number of rotatable bonds is 4. The van der Waals surface area contributed by atoms with Crippen molar-refractivity contribution in [1.82, 2.24) is 0 Å². The van der Waals surface area contributed by atoms with Crippen LogP contribution in [0.5, 0.6) is 5.75 Å². The fourth-order valence-electron chi connectivity index (χ4n) is 1.68. The van der Waals surface area contributed by atoms with Crippen molar-refractivity contribution in [3.05, 3.63) is 40.7 Å². The summed E-state index contributed by atoms with van der Waals surface area (Å²) in [5.41, 5.74) is 0.423. The van der Waals surface area contributed by atoms with Gasteiger partial charge in [0, 0.05) is 12.6 Å². The van der Waals surface area contributed by atoms with Crippen molar-refractivity contribution in [2.24, 2.45) is 0 Å². The molecule has 0 saturated heterocycles. The number of benzene rings is 1. The minimum atomic E-state index is -3.64. The van der Waals surface area contributed by atoms with Crippen molar-refractivity contribution < 1.29 is 13.5 Å². The number of hydrogen-bond acceptors (Lipinski definition) is 4. The van der Waals surface area contributed by atoms with Crippen LogP contribution in [0.25, 0.3) is 0 Å². The van der Waals surface area contributed by atoms with Crippen LogP contribution in [0, 0.1) is 0 Å². The molecule has 4 nitrogen and oxygen atoms in total. The molecule has 1 aromatic heterocycles. The highest BCUT2D eigenvalue weighted by atomic mass is 35.5.